The van der Waals surface area contributed by atoms with Gasteiger partial charge in [0, 0.05) is 12.8 Å². The van der Waals surface area contributed by atoms with Crippen LogP contribution in [0.5, 0.6) is 0 Å². The number of aliphatic carboxylic acids is 1. The number of primary amides is 1. The third kappa shape index (κ3) is 11.5. The van der Waals surface area contributed by atoms with Crippen molar-refractivity contribution in [2.75, 3.05) is 6.54 Å². The molecule has 35 heavy (non-hydrogen) atoms. The zero-order valence-electron chi connectivity index (χ0n) is 19.9. The summed E-state index contributed by atoms with van der Waals surface area (Å²) in [4.78, 5) is 60.3. The number of amides is 4. The largest absolute Gasteiger partial charge is 0.480 e. The summed E-state index contributed by atoms with van der Waals surface area (Å²) in [5.41, 5.74) is 17.1. The van der Waals surface area contributed by atoms with Crippen LogP contribution in [0.15, 0.2) is 30.3 Å². The van der Waals surface area contributed by atoms with Crippen LogP contribution in [0, 0.1) is 0 Å². The quantitative estimate of drug-likeness (QED) is 0.134. The van der Waals surface area contributed by atoms with Crippen LogP contribution >= 0.6 is 0 Å². The number of hydrogen-bond donors (Lipinski definition) is 7. The first kappa shape index (κ1) is 29.5. The summed E-state index contributed by atoms with van der Waals surface area (Å²) in [5.74, 6) is -3.76. The van der Waals surface area contributed by atoms with Crippen molar-refractivity contribution in [2.24, 2.45) is 17.2 Å². The Balaban J connectivity index is 2.76. The van der Waals surface area contributed by atoms with Crippen LogP contribution in [0.1, 0.15) is 44.6 Å². The fraction of sp³-hybridized carbons (Fsp3) is 0.522. The molecule has 12 heteroatoms. The lowest BCUT2D eigenvalue weighted by Crippen LogP contribution is -2.56. The van der Waals surface area contributed by atoms with Gasteiger partial charge in [0.2, 0.25) is 23.6 Å². The molecule has 0 fully saturated rings. The van der Waals surface area contributed by atoms with Crippen molar-refractivity contribution < 1.29 is 29.1 Å². The molecule has 0 aliphatic rings. The summed E-state index contributed by atoms with van der Waals surface area (Å²) in [6.07, 6.45) is 1.41. The maximum Gasteiger partial charge on any atom is 0.326 e. The first-order valence-electron chi connectivity index (χ1n) is 11.5. The molecular weight excluding hydrogens is 456 g/mol. The average Bonchev–Trinajstić information content (AvgIpc) is 2.81. The minimum atomic E-state index is -1.21. The van der Waals surface area contributed by atoms with E-state index < -0.39 is 53.8 Å². The van der Waals surface area contributed by atoms with Crippen LogP contribution in [-0.4, -0.2) is 65.4 Å². The Morgan fingerprint density at radius 1 is 0.886 bits per heavy atom. The van der Waals surface area contributed by atoms with E-state index in [9.17, 15) is 29.1 Å². The van der Waals surface area contributed by atoms with Gasteiger partial charge in [-0.25, -0.2) is 4.79 Å². The summed E-state index contributed by atoms with van der Waals surface area (Å²) in [5, 5.41) is 17.0. The van der Waals surface area contributed by atoms with Crippen LogP contribution in [0.2, 0.25) is 0 Å². The van der Waals surface area contributed by atoms with Crippen LogP contribution in [-0.2, 0) is 30.4 Å². The fourth-order valence-corrected chi connectivity index (χ4v) is 3.20. The number of rotatable bonds is 16. The van der Waals surface area contributed by atoms with E-state index in [4.69, 9.17) is 17.2 Å². The highest BCUT2D eigenvalue weighted by Crippen LogP contribution is 2.06. The fourth-order valence-electron chi connectivity index (χ4n) is 3.20. The molecule has 0 bridgehead atoms. The van der Waals surface area contributed by atoms with E-state index >= 15 is 0 Å². The maximum atomic E-state index is 12.8. The van der Waals surface area contributed by atoms with Crippen molar-refractivity contribution in [2.45, 2.75) is 69.6 Å². The van der Waals surface area contributed by atoms with Gasteiger partial charge < -0.3 is 38.3 Å². The van der Waals surface area contributed by atoms with Crippen LogP contribution < -0.4 is 33.2 Å². The smallest absolute Gasteiger partial charge is 0.326 e. The molecule has 1 aromatic rings. The third-order valence-electron chi connectivity index (χ3n) is 5.27. The van der Waals surface area contributed by atoms with E-state index in [2.05, 4.69) is 16.0 Å². The molecule has 0 heterocycles. The summed E-state index contributed by atoms with van der Waals surface area (Å²) in [6, 6.07) is 4.51. The highest BCUT2D eigenvalue weighted by molar-refractivity contribution is 5.94. The summed E-state index contributed by atoms with van der Waals surface area (Å²) >= 11 is 0. The SMILES string of the molecule is CC(NC(=O)C(CCCCN)NC(=O)C(N)CCC(N)=O)C(=O)NC(Cc1ccccc1)C(=O)O. The van der Waals surface area contributed by atoms with E-state index in [1.165, 1.54) is 6.92 Å². The predicted molar refractivity (Wildman–Crippen MR) is 129 cm³/mol. The minimum Gasteiger partial charge on any atom is -0.480 e. The van der Waals surface area contributed by atoms with E-state index in [0.29, 0.717) is 19.4 Å². The highest BCUT2D eigenvalue weighted by atomic mass is 16.4. The Labute approximate surface area is 204 Å². The molecule has 1 aromatic carbocycles. The molecule has 10 N–H and O–H groups in total. The molecule has 0 radical (unpaired) electrons. The van der Waals surface area contributed by atoms with Gasteiger partial charge in [-0.15, -0.1) is 0 Å². The second-order valence-corrected chi connectivity index (χ2v) is 8.28. The molecule has 194 valence electrons. The van der Waals surface area contributed by atoms with Crippen molar-refractivity contribution in [3.05, 3.63) is 35.9 Å². The Morgan fingerprint density at radius 3 is 2.09 bits per heavy atom. The van der Waals surface area contributed by atoms with E-state index in [0.717, 1.165) is 5.56 Å². The molecule has 1 rings (SSSR count). The van der Waals surface area contributed by atoms with Crippen molar-refractivity contribution >= 4 is 29.6 Å². The Hall–Kier alpha value is -3.51. The summed E-state index contributed by atoms with van der Waals surface area (Å²) < 4.78 is 0. The number of nitrogens with one attached hydrogen (secondary N) is 3. The van der Waals surface area contributed by atoms with Gasteiger partial charge in [0.25, 0.3) is 0 Å². The molecule has 0 aromatic heterocycles. The van der Waals surface area contributed by atoms with Crippen LogP contribution in [0.25, 0.3) is 0 Å². The van der Waals surface area contributed by atoms with Gasteiger partial charge in [0.05, 0.1) is 6.04 Å². The van der Waals surface area contributed by atoms with Crippen molar-refractivity contribution in [3.8, 4) is 0 Å². The number of carboxylic acids is 1. The molecule has 0 saturated heterocycles. The second kappa shape index (κ2) is 15.4. The monoisotopic (exact) mass is 492 g/mol. The Bertz CT molecular complexity index is 865. The van der Waals surface area contributed by atoms with Gasteiger partial charge in [-0.05, 0) is 44.7 Å². The molecule has 12 nitrogen and oxygen atoms in total. The van der Waals surface area contributed by atoms with Crippen molar-refractivity contribution in [1.82, 2.24) is 16.0 Å². The number of nitrogens with two attached hydrogens (primary N) is 3. The minimum absolute atomic E-state index is 0.0229. The molecule has 4 atom stereocenters. The number of carbonyl (C=O) groups excluding carboxylic acids is 4. The number of hydrogen-bond acceptors (Lipinski definition) is 7. The first-order chi connectivity index (χ1) is 16.5. The van der Waals surface area contributed by atoms with E-state index in [-0.39, 0.29) is 25.7 Å². The zero-order valence-corrected chi connectivity index (χ0v) is 19.9. The summed E-state index contributed by atoms with van der Waals surface area (Å²) in [7, 11) is 0. The molecular formula is C23H36N6O6. The second-order valence-electron chi connectivity index (χ2n) is 8.28. The van der Waals surface area contributed by atoms with Crippen LogP contribution in [0.4, 0.5) is 0 Å². The normalized spacial score (nSPS) is 14.1. The van der Waals surface area contributed by atoms with Gasteiger partial charge in [0.15, 0.2) is 0 Å². The highest BCUT2D eigenvalue weighted by Gasteiger charge is 2.28. The van der Waals surface area contributed by atoms with Crippen molar-refractivity contribution in [3.63, 3.8) is 0 Å². The number of carboxylic acid groups (broad SMARTS) is 1. The van der Waals surface area contributed by atoms with Crippen LogP contribution in [0.3, 0.4) is 0 Å². The van der Waals surface area contributed by atoms with Gasteiger partial charge in [0.1, 0.15) is 18.1 Å². The summed E-state index contributed by atoms with van der Waals surface area (Å²) in [6.45, 7) is 1.81. The molecule has 0 spiro atoms. The lowest BCUT2D eigenvalue weighted by atomic mass is 10.1. The van der Waals surface area contributed by atoms with Gasteiger partial charge in [-0.2, -0.15) is 0 Å². The van der Waals surface area contributed by atoms with Gasteiger partial charge >= 0.3 is 5.97 Å². The molecule has 0 aliphatic carbocycles. The van der Waals surface area contributed by atoms with Gasteiger partial charge in [-0.3, -0.25) is 19.2 Å². The Morgan fingerprint density at radius 2 is 1.51 bits per heavy atom. The molecule has 0 saturated carbocycles. The lowest BCUT2D eigenvalue weighted by molar-refractivity contribution is -0.142. The number of unbranched alkanes of at least 4 members (excludes halogenated alkanes) is 1. The molecule has 0 aliphatic heterocycles. The lowest BCUT2D eigenvalue weighted by Gasteiger charge is -2.23. The van der Waals surface area contributed by atoms with Crippen molar-refractivity contribution in [1.29, 1.82) is 0 Å². The molecule has 4 amide bonds. The standard InChI is InChI=1S/C23H36N6O6/c1-14(20(31)29-18(23(34)35)13-15-7-3-2-4-8-15)27-22(33)17(9-5-6-12-24)28-21(32)16(25)10-11-19(26)30/h2-4,7-8,14,16-18H,5-6,9-13,24-25H2,1H3,(H2,26,30)(H,27,33)(H,28,32)(H,29,31)(H,34,35). The van der Waals surface area contributed by atoms with E-state index in [1.54, 1.807) is 30.3 Å². The third-order valence-corrected chi connectivity index (χ3v) is 5.27. The Kier molecular flexibility index (Phi) is 13.0. The molecule has 4 unspecified atom stereocenters. The average molecular weight is 493 g/mol. The predicted octanol–water partition coefficient (Wildman–Crippen LogP) is -1.49. The first-order valence-corrected chi connectivity index (χ1v) is 11.5. The maximum absolute atomic E-state index is 12.8. The topological polar surface area (TPSA) is 220 Å². The number of carbonyl (C=O) groups is 5. The van der Waals surface area contributed by atoms with E-state index in [1.807, 2.05) is 0 Å². The van der Waals surface area contributed by atoms with Gasteiger partial charge in [-0.1, -0.05) is 30.3 Å². The number of benzene rings is 1. The zero-order chi connectivity index (χ0) is 26.4.